The largest absolute Gasteiger partial charge is 0.486 e. The average Bonchev–Trinajstić information content (AvgIpc) is 2.43. The molecule has 0 bridgehead atoms. The first-order chi connectivity index (χ1) is 9.11. The van der Waals surface area contributed by atoms with E-state index in [0.717, 1.165) is 5.56 Å². The van der Waals surface area contributed by atoms with Crippen molar-refractivity contribution in [3.05, 3.63) is 23.8 Å². The second-order valence-electron chi connectivity index (χ2n) is 4.60. The predicted molar refractivity (Wildman–Crippen MR) is 68.9 cm³/mol. The summed E-state index contributed by atoms with van der Waals surface area (Å²) in [5.41, 5.74) is 0.894. The van der Waals surface area contributed by atoms with Gasteiger partial charge in [-0.3, -0.25) is 4.79 Å². The molecule has 1 atom stereocenters. The molecule has 1 unspecified atom stereocenters. The maximum absolute atomic E-state index is 11.8. The van der Waals surface area contributed by atoms with Gasteiger partial charge in [0.2, 0.25) is 5.91 Å². The molecule has 1 amide bonds. The molecule has 100 valence electrons. The van der Waals surface area contributed by atoms with Crippen LogP contribution in [0.25, 0.3) is 0 Å². The number of carbonyl (C=O) groups is 1. The van der Waals surface area contributed by atoms with Crippen LogP contribution in [0.2, 0.25) is 0 Å². The van der Waals surface area contributed by atoms with Crippen molar-refractivity contribution in [2.45, 2.75) is 6.42 Å². The lowest BCUT2D eigenvalue weighted by Crippen LogP contribution is -2.30. The van der Waals surface area contributed by atoms with Crippen LogP contribution in [0.3, 0.4) is 0 Å². The standard InChI is InChI=1S/C14H16N2O3/c1-16(2)14(17)11(9-15)7-10-3-4-12-13(8-10)19-6-5-18-12/h3-4,8,11H,5-7H2,1-2H3. The van der Waals surface area contributed by atoms with E-state index in [1.54, 1.807) is 14.1 Å². The van der Waals surface area contributed by atoms with Gasteiger partial charge >= 0.3 is 0 Å². The molecule has 2 rings (SSSR count). The maximum Gasteiger partial charge on any atom is 0.239 e. The highest BCUT2D eigenvalue weighted by Gasteiger charge is 2.21. The number of nitrogens with zero attached hydrogens (tertiary/aromatic N) is 2. The lowest BCUT2D eigenvalue weighted by atomic mass is 9.99. The molecule has 5 heteroatoms. The van der Waals surface area contributed by atoms with Crippen LogP contribution in [0.15, 0.2) is 18.2 Å². The minimum absolute atomic E-state index is 0.183. The average molecular weight is 260 g/mol. The molecule has 1 aromatic carbocycles. The van der Waals surface area contributed by atoms with Gasteiger partial charge in [0.15, 0.2) is 11.5 Å². The van der Waals surface area contributed by atoms with Crippen LogP contribution in [0.4, 0.5) is 0 Å². The van der Waals surface area contributed by atoms with Gasteiger partial charge in [-0.2, -0.15) is 5.26 Å². The first-order valence-electron chi connectivity index (χ1n) is 6.11. The summed E-state index contributed by atoms with van der Waals surface area (Å²) in [6.07, 6.45) is 0.379. The summed E-state index contributed by atoms with van der Waals surface area (Å²) in [7, 11) is 3.30. The van der Waals surface area contributed by atoms with Crippen molar-refractivity contribution < 1.29 is 14.3 Å². The van der Waals surface area contributed by atoms with E-state index >= 15 is 0 Å². The Labute approximate surface area is 112 Å². The number of carbonyl (C=O) groups excluding carboxylic acids is 1. The summed E-state index contributed by atoms with van der Waals surface area (Å²) in [6.45, 7) is 1.07. The van der Waals surface area contributed by atoms with Crippen LogP contribution in [0.5, 0.6) is 11.5 Å². The SMILES string of the molecule is CN(C)C(=O)C(C#N)Cc1ccc2c(c1)OCCO2. The molecule has 0 aliphatic carbocycles. The van der Waals surface area contributed by atoms with Gasteiger partial charge in [0.1, 0.15) is 19.1 Å². The van der Waals surface area contributed by atoms with Crippen molar-refractivity contribution in [3.8, 4) is 17.6 Å². The smallest absolute Gasteiger partial charge is 0.239 e. The van der Waals surface area contributed by atoms with Crippen molar-refractivity contribution >= 4 is 5.91 Å². The van der Waals surface area contributed by atoms with Gasteiger partial charge in [-0.15, -0.1) is 0 Å². The quantitative estimate of drug-likeness (QED) is 0.820. The molecule has 1 aliphatic rings. The molecule has 5 nitrogen and oxygen atoms in total. The summed E-state index contributed by atoms with van der Waals surface area (Å²) in [5, 5.41) is 9.09. The number of hydrogen-bond donors (Lipinski definition) is 0. The third-order valence-corrected chi connectivity index (χ3v) is 2.94. The normalized spacial score (nSPS) is 14.4. The Bertz CT molecular complexity index is 520. The van der Waals surface area contributed by atoms with Gasteiger partial charge < -0.3 is 14.4 Å². The Morgan fingerprint density at radius 2 is 2.05 bits per heavy atom. The summed E-state index contributed by atoms with van der Waals surface area (Å²) in [4.78, 5) is 13.3. The number of amides is 1. The van der Waals surface area contributed by atoms with Gasteiger partial charge in [0.25, 0.3) is 0 Å². The van der Waals surface area contributed by atoms with E-state index in [2.05, 4.69) is 0 Å². The summed E-state index contributed by atoms with van der Waals surface area (Å²) in [6, 6.07) is 7.56. The van der Waals surface area contributed by atoms with Gasteiger partial charge in [0.05, 0.1) is 6.07 Å². The topological polar surface area (TPSA) is 62.6 Å². The van der Waals surface area contributed by atoms with Crippen LogP contribution in [0.1, 0.15) is 5.56 Å². The minimum Gasteiger partial charge on any atom is -0.486 e. The summed E-state index contributed by atoms with van der Waals surface area (Å²) >= 11 is 0. The maximum atomic E-state index is 11.8. The van der Waals surface area contributed by atoms with Crippen LogP contribution in [-0.4, -0.2) is 38.1 Å². The second-order valence-corrected chi connectivity index (χ2v) is 4.60. The van der Waals surface area contributed by atoms with E-state index in [1.165, 1.54) is 4.90 Å². The number of ether oxygens (including phenoxy) is 2. The number of fused-ring (bicyclic) bond motifs is 1. The van der Waals surface area contributed by atoms with Gasteiger partial charge in [-0.25, -0.2) is 0 Å². The molecule has 1 aliphatic heterocycles. The van der Waals surface area contributed by atoms with E-state index < -0.39 is 5.92 Å². The third-order valence-electron chi connectivity index (χ3n) is 2.94. The van der Waals surface area contributed by atoms with Crippen molar-refractivity contribution in [1.82, 2.24) is 4.90 Å². The van der Waals surface area contributed by atoms with Gasteiger partial charge in [-0.1, -0.05) is 6.07 Å². The lowest BCUT2D eigenvalue weighted by molar-refractivity contribution is -0.131. The predicted octanol–water partition coefficient (Wildman–Crippen LogP) is 1.23. The molecular weight excluding hydrogens is 244 g/mol. The van der Waals surface area contributed by atoms with E-state index in [9.17, 15) is 4.79 Å². The second kappa shape index (κ2) is 5.61. The molecule has 0 radical (unpaired) electrons. The van der Waals surface area contributed by atoms with Crippen molar-refractivity contribution in [2.24, 2.45) is 5.92 Å². The zero-order chi connectivity index (χ0) is 13.8. The van der Waals surface area contributed by atoms with Crippen LogP contribution < -0.4 is 9.47 Å². The van der Waals surface area contributed by atoms with Crippen LogP contribution in [-0.2, 0) is 11.2 Å². The number of hydrogen-bond acceptors (Lipinski definition) is 4. The van der Waals surface area contributed by atoms with Crippen molar-refractivity contribution in [1.29, 1.82) is 5.26 Å². The Kier molecular flexibility index (Phi) is 3.91. The van der Waals surface area contributed by atoms with Crippen molar-refractivity contribution in [2.75, 3.05) is 27.3 Å². The molecule has 0 saturated heterocycles. The molecule has 0 N–H and O–H groups in total. The van der Waals surface area contributed by atoms with E-state index in [-0.39, 0.29) is 5.91 Å². The first kappa shape index (κ1) is 13.2. The van der Waals surface area contributed by atoms with Gasteiger partial charge in [0, 0.05) is 14.1 Å². The highest BCUT2D eigenvalue weighted by Crippen LogP contribution is 2.31. The zero-order valence-electron chi connectivity index (χ0n) is 11.0. The molecule has 0 fully saturated rings. The fourth-order valence-electron chi connectivity index (χ4n) is 1.95. The van der Waals surface area contributed by atoms with Crippen LogP contribution >= 0.6 is 0 Å². The molecular formula is C14H16N2O3. The molecule has 19 heavy (non-hydrogen) atoms. The summed E-state index contributed by atoms with van der Waals surface area (Å²) in [5.74, 6) is 0.537. The minimum atomic E-state index is -0.669. The molecule has 0 spiro atoms. The Balaban J connectivity index is 2.14. The highest BCUT2D eigenvalue weighted by atomic mass is 16.6. The Morgan fingerprint density at radius 1 is 1.37 bits per heavy atom. The number of benzene rings is 1. The number of nitriles is 1. The first-order valence-corrected chi connectivity index (χ1v) is 6.11. The number of rotatable bonds is 3. The zero-order valence-corrected chi connectivity index (χ0v) is 11.0. The summed E-state index contributed by atoms with van der Waals surface area (Å²) < 4.78 is 10.9. The molecule has 1 heterocycles. The highest BCUT2D eigenvalue weighted by molar-refractivity contribution is 5.81. The monoisotopic (exact) mass is 260 g/mol. The Morgan fingerprint density at radius 3 is 2.68 bits per heavy atom. The fraction of sp³-hybridized carbons (Fsp3) is 0.429. The van der Waals surface area contributed by atoms with Crippen molar-refractivity contribution in [3.63, 3.8) is 0 Å². The van der Waals surface area contributed by atoms with E-state index in [1.807, 2.05) is 24.3 Å². The molecule has 0 aromatic heterocycles. The third kappa shape index (κ3) is 2.97. The van der Waals surface area contributed by atoms with Gasteiger partial charge in [-0.05, 0) is 24.1 Å². The van der Waals surface area contributed by atoms with E-state index in [4.69, 9.17) is 14.7 Å². The van der Waals surface area contributed by atoms with E-state index in [0.29, 0.717) is 31.1 Å². The Hall–Kier alpha value is -2.22. The fourth-order valence-corrected chi connectivity index (χ4v) is 1.95. The molecule has 0 saturated carbocycles. The molecule has 1 aromatic rings. The lowest BCUT2D eigenvalue weighted by Gasteiger charge is -2.20. The van der Waals surface area contributed by atoms with Crippen LogP contribution in [0, 0.1) is 17.2 Å².